The first-order valence-corrected chi connectivity index (χ1v) is 5.54. The van der Waals surface area contributed by atoms with Crippen molar-refractivity contribution >= 4 is 17.2 Å². The Kier molecular flexibility index (Phi) is 3.19. The molecule has 0 radical (unpaired) electrons. The number of aryl methyl sites for hydroxylation is 1. The summed E-state index contributed by atoms with van der Waals surface area (Å²) in [5.41, 5.74) is 6.75. The van der Waals surface area contributed by atoms with Gasteiger partial charge in [-0.3, -0.25) is 0 Å². The quantitative estimate of drug-likeness (QED) is 0.846. The van der Waals surface area contributed by atoms with E-state index in [9.17, 15) is 4.39 Å². The third-order valence-electron chi connectivity index (χ3n) is 2.59. The van der Waals surface area contributed by atoms with Crippen molar-refractivity contribution in [3.8, 4) is 0 Å². The molecule has 1 heterocycles. The summed E-state index contributed by atoms with van der Waals surface area (Å²) in [6.45, 7) is 2.30. The van der Waals surface area contributed by atoms with Gasteiger partial charge in [-0.25, -0.2) is 9.37 Å². The van der Waals surface area contributed by atoms with Crippen molar-refractivity contribution in [2.24, 2.45) is 5.73 Å². The highest BCUT2D eigenvalue weighted by molar-refractivity contribution is 7.80. The van der Waals surface area contributed by atoms with Gasteiger partial charge < -0.3 is 10.3 Å². The Labute approximate surface area is 104 Å². The SMILES string of the molecule is Cc1nccn1Cc1cc(C(N)=S)ccc1F. The van der Waals surface area contributed by atoms with Crippen LogP contribution in [0.25, 0.3) is 0 Å². The van der Waals surface area contributed by atoms with E-state index in [-0.39, 0.29) is 10.8 Å². The molecule has 0 spiro atoms. The molecule has 0 aliphatic carbocycles. The Morgan fingerprint density at radius 1 is 1.53 bits per heavy atom. The van der Waals surface area contributed by atoms with E-state index in [2.05, 4.69) is 4.98 Å². The molecule has 2 aromatic rings. The number of hydrogen-bond acceptors (Lipinski definition) is 2. The second-order valence-corrected chi connectivity index (χ2v) is 4.21. The van der Waals surface area contributed by atoms with Gasteiger partial charge in [0.25, 0.3) is 0 Å². The first-order valence-electron chi connectivity index (χ1n) is 5.14. The fraction of sp³-hybridized carbons (Fsp3) is 0.167. The van der Waals surface area contributed by atoms with Crippen molar-refractivity contribution in [2.45, 2.75) is 13.5 Å². The zero-order valence-electron chi connectivity index (χ0n) is 9.35. The van der Waals surface area contributed by atoms with Crippen LogP contribution in [-0.4, -0.2) is 14.5 Å². The number of halogens is 1. The molecule has 0 fully saturated rings. The average Bonchev–Trinajstić information content (AvgIpc) is 2.67. The molecule has 17 heavy (non-hydrogen) atoms. The Hall–Kier alpha value is -1.75. The molecule has 88 valence electrons. The van der Waals surface area contributed by atoms with Crippen molar-refractivity contribution < 1.29 is 4.39 Å². The second kappa shape index (κ2) is 4.63. The largest absolute Gasteiger partial charge is 0.389 e. The van der Waals surface area contributed by atoms with Crippen LogP contribution in [0.4, 0.5) is 4.39 Å². The minimum Gasteiger partial charge on any atom is -0.389 e. The van der Waals surface area contributed by atoms with Gasteiger partial charge in [0, 0.05) is 23.5 Å². The maximum Gasteiger partial charge on any atom is 0.128 e. The van der Waals surface area contributed by atoms with Crippen molar-refractivity contribution in [1.29, 1.82) is 0 Å². The van der Waals surface area contributed by atoms with Gasteiger partial charge in [0.05, 0.1) is 6.54 Å². The van der Waals surface area contributed by atoms with Crippen molar-refractivity contribution in [1.82, 2.24) is 9.55 Å². The lowest BCUT2D eigenvalue weighted by atomic mass is 10.1. The lowest BCUT2D eigenvalue weighted by Gasteiger charge is -2.08. The standard InChI is InChI=1S/C12H12FN3S/c1-8-15-4-5-16(8)7-10-6-9(12(14)17)2-3-11(10)13/h2-6H,7H2,1H3,(H2,14,17). The molecule has 2 rings (SSSR count). The predicted molar refractivity (Wildman–Crippen MR) is 68.4 cm³/mol. The average molecular weight is 249 g/mol. The van der Waals surface area contributed by atoms with Gasteiger partial charge in [0.15, 0.2) is 0 Å². The third kappa shape index (κ3) is 2.50. The van der Waals surface area contributed by atoms with Crippen LogP contribution in [0.1, 0.15) is 17.0 Å². The summed E-state index contributed by atoms with van der Waals surface area (Å²) in [5, 5.41) is 0. The molecule has 0 bridgehead atoms. The molecule has 3 nitrogen and oxygen atoms in total. The monoisotopic (exact) mass is 249 g/mol. The molecule has 5 heteroatoms. The normalized spacial score (nSPS) is 10.5. The number of aromatic nitrogens is 2. The lowest BCUT2D eigenvalue weighted by Crippen LogP contribution is -2.11. The summed E-state index contributed by atoms with van der Waals surface area (Å²) < 4.78 is 15.5. The van der Waals surface area contributed by atoms with E-state index in [1.54, 1.807) is 18.3 Å². The molecule has 0 unspecified atom stereocenters. The first kappa shape index (κ1) is 11.7. The number of benzene rings is 1. The van der Waals surface area contributed by atoms with Crippen LogP contribution in [0.15, 0.2) is 30.6 Å². The zero-order valence-corrected chi connectivity index (χ0v) is 10.2. The van der Waals surface area contributed by atoms with Gasteiger partial charge in [-0.05, 0) is 25.1 Å². The summed E-state index contributed by atoms with van der Waals surface area (Å²) in [7, 11) is 0. The molecule has 0 saturated carbocycles. The predicted octanol–water partition coefficient (Wildman–Crippen LogP) is 2.01. The van der Waals surface area contributed by atoms with E-state index in [0.717, 1.165) is 5.82 Å². The molecule has 0 atom stereocenters. The van der Waals surface area contributed by atoms with Crippen LogP contribution in [0, 0.1) is 12.7 Å². The number of rotatable bonds is 3. The Bertz CT molecular complexity index is 563. The minimum absolute atomic E-state index is 0.266. The fourth-order valence-corrected chi connectivity index (χ4v) is 1.73. The van der Waals surface area contributed by atoms with Gasteiger partial charge >= 0.3 is 0 Å². The summed E-state index contributed by atoms with van der Waals surface area (Å²) in [6.07, 6.45) is 3.49. The Balaban J connectivity index is 2.35. The maximum absolute atomic E-state index is 13.6. The summed E-state index contributed by atoms with van der Waals surface area (Å²) in [4.78, 5) is 4.36. The summed E-state index contributed by atoms with van der Waals surface area (Å²) in [6, 6.07) is 4.65. The number of nitrogens with two attached hydrogens (primary N) is 1. The van der Waals surface area contributed by atoms with Gasteiger partial charge in [0.1, 0.15) is 16.6 Å². The van der Waals surface area contributed by atoms with Crippen molar-refractivity contribution in [3.05, 3.63) is 53.4 Å². The van der Waals surface area contributed by atoms with Gasteiger partial charge in [0.2, 0.25) is 0 Å². The summed E-state index contributed by atoms with van der Waals surface area (Å²) >= 11 is 4.87. The number of imidazole rings is 1. The molecule has 1 aromatic heterocycles. The van der Waals surface area contributed by atoms with Gasteiger partial charge in [-0.1, -0.05) is 12.2 Å². The van der Waals surface area contributed by atoms with Crippen LogP contribution in [-0.2, 0) is 6.54 Å². The first-order chi connectivity index (χ1) is 8.08. The smallest absolute Gasteiger partial charge is 0.128 e. The van der Waals surface area contributed by atoms with E-state index in [1.807, 2.05) is 17.7 Å². The minimum atomic E-state index is -0.266. The van der Waals surface area contributed by atoms with E-state index >= 15 is 0 Å². The molecular weight excluding hydrogens is 237 g/mol. The van der Waals surface area contributed by atoms with Crippen LogP contribution < -0.4 is 5.73 Å². The highest BCUT2D eigenvalue weighted by Crippen LogP contribution is 2.13. The Morgan fingerprint density at radius 2 is 2.29 bits per heavy atom. The van der Waals surface area contributed by atoms with E-state index < -0.39 is 0 Å². The zero-order chi connectivity index (χ0) is 12.4. The highest BCUT2D eigenvalue weighted by Gasteiger charge is 2.07. The number of thiocarbonyl (C=S) groups is 1. The third-order valence-corrected chi connectivity index (χ3v) is 2.83. The van der Waals surface area contributed by atoms with E-state index in [0.29, 0.717) is 17.7 Å². The Morgan fingerprint density at radius 3 is 2.88 bits per heavy atom. The molecule has 0 aliphatic rings. The molecular formula is C12H12FN3S. The van der Waals surface area contributed by atoms with E-state index in [1.165, 1.54) is 6.07 Å². The van der Waals surface area contributed by atoms with Crippen LogP contribution in [0.5, 0.6) is 0 Å². The summed E-state index contributed by atoms with van der Waals surface area (Å²) in [5.74, 6) is 0.572. The number of nitrogens with zero attached hydrogens (tertiary/aromatic N) is 2. The van der Waals surface area contributed by atoms with Crippen LogP contribution >= 0.6 is 12.2 Å². The topological polar surface area (TPSA) is 43.8 Å². The maximum atomic E-state index is 13.6. The van der Waals surface area contributed by atoms with Crippen LogP contribution in [0.3, 0.4) is 0 Å². The molecule has 0 amide bonds. The molecule has 1 aromatic carbocycles. The van der Waals surface area contributed by atoms with Crippen molar-refractivity contribution in [2.75, 3.05) is 0 Å². The highest BCUT2D eigenvalue weighted by atomic mass is 32.1. The second-order valence-electron chi connectivity index (χ2n) is 3.77. The fourth-order valence-electron chi connectivity index (χ4n) is 1.60. The van der Waals surface area contributed by atoms with Crippen LogP contribution in [0.2, 0.25) is 0 Å². The van der Waals surface area contributed by atoms with E-state index in [4.69, 9.17) is 18.0 Å². The molecule has 0 aliphatic heterocycles. The lowest BCUT2D eigenvalue weighted by molar-refractivity contribution is 0.597. The number of hydrogen-bond donors (Lipinski definition) is 1. The van der Waals surface area contributed by atoms with Gasteiger partial charge in [-0.2, -0.15) is 0 Å². The van der Waals surface area contributed by atoms with Gasteiger partial charge in [-0.15, -0.1) is 0 Å². The molecule has 0 saturated heterocycles. The van der Waals surface area contributed by atoms with Crippen molar-refractivity contribution in [3.63, 3.8) is 0 Å². The molecule has 2 N–H and O–H groups in total.